The smallest absolute Gasteiger partial charge is 0.329 e. The molecule has 0 bridgehead atoms. The molecule has 2 aromatic rings. The molecule has 0 unspecified atom stereocenters. The first-order chi connectivity index (χ1) is 14.7. The molecule has 0 spiro atoms. The lowest BCUT2D eigenvalue weighted by Gasteiger charge is -2.47. The number of hydrogen-bond acceptors (Lipinski definition) is 3. The Balaban J connectivity index is 1.66. The van der Waals surface area contributed by atoms with Gasteiger partial charge in [-0.1, -0.05) is 37.3 Å². The van der Waals surface area contributed by atoms with E-state index in [-0.39, 0.29) is 24.0 Å². The van der Waals surface area contributed by atoms with Crippen LogP contribution in [0.4, 0.5) is 10.5 Å². The molecule has 0 aromatic heterocycles. The van der Waals surface area contributed by atoms with Crippen molar-refractivity contribution in [1.29, 1.82) is 0 Å². The molecule has 1 fully saturated rings. The number of rotatable bonds is 4. The third-order valence-corrected chi connectivity index (χ3v) is 6.54. The highest BCUT2D eigenvalue weighted by Crippen LogP contribution is 2.44. The van der Waals surface area contributed by atoms with Crippen molar-refractivity contribution >= 4 is 23.7 Å². The van der Waals surface area contributed by atoms with Crippen molar-refractivity contribution in [2.75, 3.05) is 11.4 Å². The molecule has 3 amide bonds. The number of nitrogens with zero attached hydrogens (tertiary/aromatic N) is 2. The third kappa shape index (κ3) is 3.85. The topological polar surface area (TPSA) is 52.7 Å². The first-order valence-electron chi connectivity index (χ1n) is 11.0. The van der Waals surface area contributed by atoms with Gasteiger partial charge in [-0.25, -0.2) is 4.79 Å². The lowest BCUT2D eigenvalue weighted by atomic mass is 9.79. The second-order valence-corrected chi connectivity index (χ2v) is 9.29. The van der Waals surface area contributed by atoms with Gasteiger partial charge in [0.15, 0.2) is 0 Å². The van der Waals surface area contributed by atoms with Crippen LogP contribution in [0.3, 0.4) is 0 Å². The minimum absolute atomic E-state index is 0.112. The van der Waals surface area contributed by atoms with Crippen LogP contribution in [0.15, 0.2) is 48.2 Å². The van der Waals surface area contributed by atoms with E-state index in [1.807, 2.05) is 36.4 Å². The first kappa shape index (κ1) is 21.2. The maximum atomic E-state index is 12.9. The summed E-state index contributed by atoms with van der Waals surface area (Å²) in [6, 6.07) is 13.6. The quantitative estimate of drug-likeness (QED) is 0.549. The van der Waals surface area contributed by atoms with Gasteiger partial charge < -0.3 is 10.2 Å². The standard InChI is InChI=1S/C26H31N3O2/c1-6-29-23-12-17(2)20(13-21(23)18(3)15-26(29,4)5)14-22-24(30)28(25(31)27-22)16-19-10-8-7-9-11-19/h7-14,18H,6,15-16H2,1-5H3,(H,27,31)/b22-14-/t18-/m0/s1. The lowest BCUT2D eigenvalue weighted by Crippen LogP contribution is -2.48. The molecule has 2 aromatic carbocycles. The Morgan fingerprint density at radius 3 is 2.55 bits per heavy atom. The molecule has 0 saturated carbocycles. The van der Waals surface area contributed by atoms with E-state index in [9.17, 15) is 9.59 Å². The number of imide groups is 1. The average molecular weight is 418 g/mol. The van der Waals surface area contributed by atoms with Gasteiger partial charge in [-0.2, -0.15) is 0 Å². The fourth-order valence-corrected chi connectivity index (χ4v) is 5.04. The zero-order valence-electron chi connectivity index (χ0n) is 19.0. The van der Waals surface area contributed by atoms with Crippen molar-refractivity contribution in [2.24, 2.45) is 0 Å². The fourth-order valence-electron chi connectivity index (χ4n) is 5.04. The van der Waals surface area contributed by atoms with Crippen LogP contribution in [0.25, 0.3) is 6.08 Å². The molecule has 0 aliphatic carbocycles. The summed E-state index contributed by atoms with van der Waals surface area (Å²) in [5.74, 6) is 0.143. The monoisotopic (exact) mass is 417 g/mol. The maximum Gasteiger partial charge on any atom is 0.329 e. The summed E-state index contributed by atoms with van der Waals surface area (Å²) in [6.07, 6.45) is 2.90. The van der Waals surface area contributed by atoms with Crippen LogP contribution < -0.4 is 10.2 Å². The van der Waals surface area contributed by atoms with Gasteiger partial charge in [-0.15, -0.1) is 0 Å². The molecule has 4 rings (SSSR count). The minimum atomic E-state index is -0.372. The maximum absolute atomic E-state index is 12.9. The van der Waals surface area contributed by atoms with E-state index >= 15 is 0 Å². The van der Waals surface area contributed by atoms with E-state index in [4.69, 9.17) is 0 Å². The molecule has 162 valence electrons. The van der Waals surface area contributed by atoms with Gasteiger partial charge >= 0.3 is 6.03 Å². The normalized spacial score (nSPS) is 21.5. The Bertz CT molecular complexity index is 1060. The van der Waals surface area contributed by atoms with Gasteiger partial charge in [0.2, 0.25) is 0 Å². The van der Waals surface area contributed by atoms with Crippen LogP contribution in [-0.4, -0.2) is 28.9 Å². The first-order valence-corrected chi connectivity index (χ1v) is 11.0. The van der Waals surface area contributed by atoms with Crippen LogP contribution in [0.2, 0.25) is 0 Å². The number of urea groups is 1. The highest BCUT2D eigenvalue weighted by atomic mass is 16.2. The number of anilines is 1. The Hall–Kier alpha value is -3.08. The molecule has 1 N–H and O–H groups in total. The number of carbonyl (C=O) groups excluding carboxylic acids is 2. The molecule has 1 atom stereocenters. The van der Waals surface area contributed by atoms with Gasteiger partial charge in [0.1, 0.15) is 5.70 Å². The highest BCUT2D eigenvalue weighted by Gasteiger charge is 2.36. The second kappa shape index (κ2) is 7.88. The van der Waals surface area contributed by atoms with Crippen LogP contribution in [-0.2, 0) is 11.3 Å². The highest BCUT2D eigenvalue weighted by molar-refractivity contribution is 6.14. The van der Waals surface area contributed by atoms with Crippen molar-refractivity contribution in [3.05, 3.63) is 70.4 Å². The van der Waals surface area contributed by atoms with E-state index in [0.29, 0.717) is 11.6 Å². The summed E-state index contributed by atoms with van der Waals surface area (Å²) in [5, 5.41) is 2.76. The Labute approximate surface area is 184 Å². The fraction of sp³-hybridized carbons (Fsp3) is 0.385. The summed E-state index contributed by atoms with van der Waals surface area (Å²) in [7, 11) is 0. The van der Waals surface area contributed by atoms with Crippen molar-refractivity contribution in [2.45, 2.75) is 59.0 Å². The van der Waals surface area contributed by atoms with E-state index in [1.165, 1.54) is 16.2 Å². The Kier molecular flexibility index (Phi) is 5.38. The predicted molar refractivity (Wildman–Crippen MR) is 125 cm³/mol. The van der Waals surface area contributed by atoms with Crippen molar-refractivity contribution in [1.82, 2.24) is 10.2 Å². The van der Waals surface area contributed by atoms with Gasteiger partial charge in [0.05, 0.1) is 6.54 Å². The average Bonchev–Trinajstić information content (AvgIpc) is 2.97. The summed E-state index contributed by atoms with van der Waals surface area (Å²) in [5.41, 5.74) is 6.02. The van der Waals surface area contributed by atoms with E-state index in [0.717, 1.165) is 29.7 Å². The van der Waals surface area contributed by atoms with E-state index in [1.54, 1.807) is 0 Å². The number of nitrogens with one attached hydrogen (secondary N) is 1. The molecule has 0 radical (unpaired) electrons. The van der Waals surface area contributed by atoms with Crippen molar-refractivity contribution in [3.63, 3.8) is 0 Å². The molecule has 5 heteroatoms. The van der Waals surface area contributed by atoms with Crippen LogP contribution in [0.5, 0.6) is 0 Å². The van der Waals surface area contributed by atoms with Crippen LogP contribution >= 0.6 is 0 Å². The number of benzene rings is 2. The van der Waals surface area contributed by atoms with Gasteiger partial charge in [0, 0.05) is 17.8 Å². The van der Waals surface area contributed by atoms with E-state index in [2.05, 4.69) is 57.0 Å². The predicted octanol–water partition coefficient (Wildman–Crippen LogP) is 5.20. The summed E-state index contributed by atoms with van der Waals surface area (Å²) < 4.78 is 0. The number of aryl methyl sites for hydroxylation is 1. The van der Waals surface area contributed by atoms with Gasteiger partial charge in [0.25, 0.3) is 5.91 Å². The van der Waals surface area contributed by atoms with Crippen molar-refractivity contribution < 1.29 is 9.59 Å². The zero-order valence-corrected chi connectivity index (χ0v) is 19.0. The SMILES string of the molecule is CCN1c2cc(C)c(/C=C3\NC(=O)N(Cc4ccccc4)C3=O)cc2[C@@H](C)CC1(C)C. The zero-order chi connectivity index (χ0) is 22.3. The number of amides is 3. The molecule has 2 aliphatic rings. The summed E-state index contributed by atoms with van der Waals surface area (Å²) in [4.78, 5) is 29.1. The molecule has 5 nitrogen and oxygen atoms in total. The summed E-state index contributed by atoms with van der Waals surface area (Å²) in [6.45, 7) is 12.4. The molecular formula is C26H31N3O2. The van der Waals surface area contributed by atoms with Gasteiger partial charge in [-0.3, -0.25) is 9.69 Å². The van der Waals surface area contributed by atoms with Crippen LogP contribution in [0.1, 0.15) is 62.3 Å². The van der Waals surface area contributed by atoms with Crippen molar-refractivity contribution in [3.8, 4) is 0 Å². The Morgan fingerprint density at radius 2 is 1.87 bits per heavy atom. The lowest BCUT2D eigenvalue weighted by molar-refractivity contribution is -0.123. The third-order valence-electron chi connectivity index (χ3n) is 6.54. The number of carbonyl (C=O) groups is 2. The molecule has 31 heavy (non-hydrogen) atoms. The van der Waals surface area contributed by atoms with Gasteiger partial charge in [-0.05, 0) is 80.5 Å². The summed E-state index contributed by atoms with van der Waals surface area (Å²) >= 11 is 0. The minimum Gasteiger partial charge on any atom is -0.366 e. The van der Waals surface area contributed by atoms with Crippen LogP contribution in [0, 0.1) is 6.92 Å². The number of fused-ring (bicyclic) bond motifs is 1. The Morgan fingerprint density at radius 1 is 1.16 bits per heavy atom. The molecule has 2 heterocycles. The van der Waals surface area contributed by atoms with E-state index < -0.39 is 0 Å². The molecule has 1 saturated heterocycles. The second-order valence-electron chi connectivity index (χ2n) is 9.29. The largest absolute Gasteiger partial charge is 0.366 e. The molecular weight excluding hydrogens is 386 g/mol. The molecule has 2 aliphatic heterocycles. The number of hydrogen-bond donors (Lipinski definition) is 1.